The first-order valence-corrected chi connectivity index (χ1v) is 8.18. The second-order valence-electron chi connectivity index (χ2n) is 5.70. The van der Waals surface area contributed by atoms with Gasteiger partial charge in [-0.05, 0) is 42.3 Å². The number of nitrogens with zero attached hydrogens (tertiary/aromatic N) is 1. The molecule has 0 fully saturated rings. The number of benzene rings is 2. The maximum Gasteiger partial charge on any atom is 0.255 e. The molecule has 0 atom stereocenters. The third-order valence-corrected chi connectivity index (χ3v) is 3.84. The lowest BCUT2D eigenvalue weighted by molar-refractivity contribution is 0.102. The maximum atomic E-state index is 12.3. The molecule has 24 heavy (non-hydrogen) atoms. The van der Waals surface area contributed by atoms with Gasteiger partial charge in [0.05, 0.1) is 5.69 Å². The Hall–Kier alpha value is -2.94. The molecule has 3 rings (SSSR count). The van der Waals surface area contributed by atoms with E-state index in [2.05, 4.69) is 23.3 Å². The Morgan fingerprint density at radius 2 is 1.71 bits per heavy atom. The lowest BCUT2D eigenvalue weighted by Crippen LogP contribution is -2.11. The smallest absolute Gasteiger partial charge is 0.255 e. The van der Waals surface area contributed by atoms with Crippen molar-refractivity contribution in [2.24, 2.45) is 0 Å². The first-order chi connectivity index (χ1) is 11.8. The first-order valence-electron chi connectivity index (χ1n) is 8.18. The number of aryl methyl sites for hydroxylation is 1. The van der Waals surface area contributed by atoms with Crippen LogP contribution in [0.15, 0.2) is 72.9 Å². The van der Waals surface area contributed by atoms with Crippen LogP contribution in [-0.2, 0) is 6.42 Å². The predicted molar refractivity (Wildman–Crippen MR) is 98.1 cm³/mol. The van der Waals surface area contributed by atoms with Crippen LogP contribution in [0.2, 0.25) is 0 Å². The highest BCUT2D eigenvalue weighted by atomic mass is 16.1. The zero-order chi connectivity index (χ0) is 16.8. The lowest BCUT2D eigenvalue weighted by Gasteiger charge is -2.06. The monoisotopic (exact) mass is 316 g/mol. The second-order valence-corrected chi connectivity index (χ2v) is 5.70. The highest BCUT2D eigenvalue weighted by Crippen LogP contribution is 2.19. The predicted octanol–water partition coefficient (Wildman–Crippen LogP) is 4.95. The van der Waals surface area contributed by atoms with Crippen LogP contribution < -0.4 is 5.32 Å². The summed E-state index contributed by atoms with van der Waals surface area (Å²) < 4.78 is 0. The van der Waals surface area contributed by atoms with E-state index in [0.29, 0.717) is 5.56 Å². The molecule has 0 spiro atoms. The van der Waals surface area contributed by atoms with Gasteiger partial charge in [0.2, 0.25) is 0 Å². The van der Waals surface area contributed by atoms with E-state index < -0.39 is 0 Å². The minimum Gasteiger partial charge on any atom is -0.322 e. The van der Waals surface area contributed by atoms with Gasteiger partial charge in [-0.1, -0.05) is 49.7 Å². The number of carbonyl (C=O) groups excluding carboxylic acids is 1. The van der Waals surface area contributed by atoms with E-state index in [0.717, 1.165) is 29.8 Å². The van der Waals surface area contributed by atoms with Crippen LogP contribution in [0, 0.1) is 0 Å². The molecule has 1 aromatic heterocycles. The average Bonchev–Trinajstić information content (AvgIpc) is 2.64. The summed E-state index contributed by atoms with van der Waals surface area (Å²) in [5.74, 6) is -0.112. The highest BCUT2D eigenvalue weighted by Gasteiger charge is 2.07. The van der Waals surface area contributed by atoms with Crippen LogP contribution in [0.3, 0.4) is 0 Å². The van der Waals surface area contributed by atoms with E-state index in [4.69, 9.17) is 0 Å². The average molecular weight is 316 g/mol. The van der Waals surface area contributed by atoms with Gasteiger partial charge in [-0.2, -0.15) is 0 Å². The van der Waals surface area contributed by atoms with Gasteiger partial charge in [0.1, 0.15) is 0 Å². The molecule has 3 nitrogen and oxygen atoms in total. The van der Waals surface area contributed by atoms with E-state index in [9.17, 15) is 4.79 Å². The molecule has 0 saturated heterocycles. The van der Waals surface area contributed by atoms with E-state index in [-0.39, 0.29) is 5.91 Å². The normalized spacial score (nSPS) is 10.4. The summed E-state index contributed by atoms with van der Waals surface area (Å²) >= 11 is 0. The van der Waals surface area contributed by atoms with Crippen LogP contribution in [0.1, 0.15) is 29.3 Å². The summed E-state index contributed by atoms with van der Waals surface area (Å²) in [5, 5.41) is 2.88. The Bertz CT molecular complexity index is 794. The van der Waals surface area contributed by atoms with Crippen molar-refractivity contribution in [1.82, 2.24) is 4.98 Å². The molecule has 1 heterocycles. The van der Waals surface area contributed by atoms with Crippen LogP contribution >= 0.6 is 0 Å². The van der Waals surface area contributed by atoms with Crippen LogP contribution in [0.4, 0.5) is 5.69 Å². The van der Waals surface area contributed by atoms with Gasteiger partial charge in [0, 0.05) is 23.0 Å². The fourth-order valence-electron chi connectivity index (χ4n) is 2.55. The zero-order valence-electron chi connectivity index (χ0n) is 13.7. The Balaban J connectivity index is 1.71. The van der Waals surface area contributed by atoms with Crippen molar-refractivity contribution in [2.75, 3.05) is 5.32 Å². The minimum absolute atomic E-state index is 0.112. The van der Waals surface area contributed by atoms with Crippen molar-refractivity contribution in [3.63, 3.8) is 0 Å². The molecule has 0 bridgehead atoms. The van der Waals surface area contributed by atoms with Crippen molar-refractivity contribution >= 4 is 11.6 Å². The fraction of sp³-hybridized carbons (Fsp3) is 0.143. The van der Waals surface area contributed by atoms with Crippen molar-refractivity contribution in [3.8, 4) is 11.3 Å². The molecule has 1 N–H and O–H groups in total. The third-order valence-electron chi connectivity index (χ3n) is 3.84. The van der Waals surface area contributed by atoms with Gasteiger partial charge < -0.3 is 5.32 Å². The summed E-state index contributed by atoms with van der Waals surface area (Å²) in [5.41, 5.74) is 4.60. The number of hydrogen-bond acceptors (Lipinski definition) is 2. The van der Waals surface area contributed by atoms with Crippen molar-refractivity contribution in [3.05, 3.63) is 84.1 Å². The Kier molecular flexibility index (Phi) is 5.02. The fourth-order valence-corrected chi connectivity index (χ4v) is 2.55. The second kappa shape index (κ2) is 7.55. The summed E-state index contributed by atoms with van der Waals surface area (Å²) in [7, 11) is 0. The molecule has 0 saturated carbocycles. The lowest BCUT2D eigenvalue weighted by atomic mass is 10.1. The topological polar surface area (TPSA) is 42.0 Å². The number of pyridine rings is 1. The first kappa shape index (κ1) is 15.9. The van der Waals surface area contributed by atoms with Crippen molar-refractivity contribution < 1.29 is 4.79 Å². The zero-order valence-corrected chi connectivity index (χ0v) is 13.7. The number of nitrogens with one attached hydrogen (secondary N) is 1. The molecule has 2 aromatic carbocycles. The highest BCUT2D eigenvalue weighted by molar-refractivity contribution is 6.04. The summed E-state index contributed by atoms with van der Waals surface area (Å²) in [6.45, 7) is 2.16. The quantitative estimate of drug-likeness (QED) is 0.723. The number of amides is 1. The van der Waals surface area contributed by atoms with E-state index in [1.807, 2.05) is 66.9 Å². The number of hydrogen-bond donors (Lipinski definition) is 1. The maximum absolute atomic E-state index is 12.3. The Labute approximate surface area is 142 Å². The molecule has 3 heteroatoms. The van der Waals surface area contributed by atoms with E-state index in [1.54, 1.807) is 0 Å². The van der Waals surface area contributed by atoms with E-state index in [1.165, 1.54) is 5.56 Å². The molecule has 0 radical (unpaired) electrons. The van der Waals surface area contributed by atoms with Crippen molar-refractivity contribution in [2.45, 2.75) is 19.8 Å². The minimum atomic E-state index is -0.112. The molecule has 3 aromatic rings. The number of aromatic nitrogens is 1. The van der Waals surface area contributed by atoms with E-state index >= 15 is 0 Å². The number of para-hydroxylation sites is 1. The Morgan fingerprint density at radius 1 is 0.958 bits per heavy atom. The summed E-state index contributed by atoms with van der Waals surface area (Å²) in [6, 6.07) is 21.1. The van der Waals surface area contributed by atoms with Gasteiger partial charge in [0.25, 0.3) is 5.91 Å². The SMILES string of the molecule is CCCc1ccc(-c2ccc(C(=O)Nc3ccccc3)cc2)nc1. The largest absolute Gasteiger partial charge is 0.322 e. The third kappa shape index (κ3) is 3.87. The molecular formula is C21H20N2O. The molecule has 0 aliphatic carbocycles. The van der Waals surface area contributed by atoms with Crippen LogP contribution in [-0.4, -0.2) is 10.9 Å². The van der Waals surface area contributed by atoms with Gasteiger partial charge in [-0.15, -0.1) is 0 Å². The Morgan fingerprint density at radius 3 is 2.33 bits per heavy atom. The van der Waals surface area contributed by atoms with Crippen LogP contribution in [0.5, 0.6) is 0 Å². The van der Waals surface area contributed by atoms with Gasteiger partial charge in [-0.25, -0.2) is 0 Å². The molecule has 0 unspecified atom stereocenters. The van der Waals surface area contributed by atoms with Gasteiger partial charge in [-0.3, -0.25) is 9.78 Å². The van der Waals surface area contributed by atoms with Gasteiger partial charge in [0.15, 0.2) is 0 Å². The number of carbonyl (C=O) groups is 1. The number of rotatable bonds is 5. The summed E-state index contributed by atoms with van der Waals surface area (Å²) in [4.78, 5) is 16.8. The molecule has 120 valence electrons. The van der Waals surface area contributed by atoms with Crippen molar-refractivity contribution in [1.29, 1.82) is 0 Å². The number of anilines is 1. The van der Waals surface area contributed by atoms with Crippen LogP contribution in [0.25, 0.3) is 11.3 Å². The summed E-state index contributed by atoms with van der Waals surface area (Å²) in [6.07, 6.45) is 4.09. The molecule has 1 amide bonds. The molecule has 0 aliphatic heterocycles. The van der Waals surface area contributed by atoms with Gasteiger partial charge >= 0.3 is 0 Å². The molecule has 0 aliphatic rings. The molecular weight excluding hydrogens is 296 g/mol. The standard InChI is InChI=1S/C21H20N2O/c1-2-6-16-9-14-20(22-15-16)17-10-12-18(13-11-17)21(24)23-19-7-4-3-5-8-19/h3-5,7-15H,2,6H2,1H3,(H,23,24).